The number of nitrogens with zero attached hydrogens (tertiary/aromatic N) is 1. The van der Waals surface area contributed by atoms with Gasteiger partial charge in [-0.3, -0.25) is 4.79 Å². The van der Waals surface area contributed by atoms with Crippen LogP contribution in [0.5, 0.6) is 0 Å². The van der Waals surface area contributed by atoms with Crippen LogP contribution in [0.2, 0.25) is 0 Å². The van der Waals surface area contributed by atoms with Gasteiger partial charge in [0.15, 0.2) is 0 Å². The second kappa shape index (κ2) is 5.00. The molecule has 1 aliphatic rings. The van der Waals surface area contributed by atoms with Crippen LogP contribution < -0.4 is 5.56 Å². The lowest BCUT2D eigenvalue weighted by molar-refractivity contribution is 0.109. The van der Waals surface area contributed by atoms with E-state index < -0.39 is 0 Å². The average Bonchev–Trinajstić information content (AvgIpc) is 2.68. The first kappa shape index (κ1) is 12.3. The van der Waals surface area contributed by atoms with E-state index in [0.717, 1.165) is 36.5 Å². The Morgan fingerprint density at radius 1 is 1.53 bits per heavy atom. The summed E-state index contributed by atoms with van der Waals surface area (Å²) in [5.74, 6) is 0.965. The lowest BCUT2D eigenvalue weighted by atomic mass is 10.0. The Labute approximate surface area is 101 Å². The molecule has 0 saturated carbocycles. The van der Waals surface area contributed by atoms with Crippen molar-refractivity contribution >= 4 is 0 Å². The second-order valence-corrected chi connectivity index (χ2v) is 5.01. The fraction of sp³-hybridized carbons (Fsp3) is 0.692. The third kappa shape index (κ3) is 2.75. The molecule has 4 nitrogen and oxygen atoms in total. The van der Waals surface area contributed by atoms with Gasteiger partial charge in [-0.15, -0.1) is 0 Å². The summed E-state index contributed by atoms with van der Waals surface area (Å²) in [6, 6.07) is 0. The maximum atomic E-state index is 11.9. The Bertz CT molecular complexity index is 445. The van der Waals surface area contributed by atoms with Crippen molar-refractivity contribution in [3.63, 3.8) is 0 Å². The van der Waals surface area contributed by atoms with Crippen LogP contribution in [0.4, 0.5) is 0 Å². The molecule has 0 bridgehead atoms. The van der Waals surface area contributed by atoms with Crippen molar-refractivity contribution in [2.24, 2.45) is 0 Å². The smallest absolute Gasteiger partial charge is 0.254 e. The van der Waals surface area contributed by atoms with Crippen LogP contribution in [0.25, 0.3) is 0 Å². The molecular formula is C13H20N2O2. The summed E-state index contributed by atoms with van der Waals surface area (Å²) in [5, 5.41) is 0. The molecule has 0 aromatic carbocycles. The van der Waals surface area contributed by atoms with Crippen molar-refractivity contribution in [3.8, 4) is 0 Å². The second-order valence-electron chi connectivity index (χ2n) is 5.01. The SMILES string of the molecule is Cc1nc(CC2CCCO2)[nH]c(=O)c1C(C)C. The van der Waals surface area contributed by atoms with E-state index >= 15 is 0 Å². The third-order valence-corrected chi connectivity index (χ3v) is 3.22. The van der Waals surface area contributed by atoms with Gasteiger partial charge < -0.3 is 9.72 Å². The largest absolute Gasteiger partial charge is 0.378 e. The van der Waals surface area contributed by atoms with E-state index in [1.54, 1.807) is 0 Å². The number of nitrogens with one attached hydrogen (secondary N) is 1. The van der Waals surface area contributed by atoms with Crippen LogP contribution >= 0.6 is 0 Å². The molecule has 2 heterocycles. The van der Waals surface area contributed by atoms with Crippen LogP contribution in [-0.4, -0.2) is 22.7 Å². The highest BCUT2D eigenvalue weighted by atomic mass is 16.5. The predicted octanol–water partition coefficient (Wildman–Crippen LogP) is 1.92. The molecule has 17 heavy (non-hydrogen) atoms. The first-order valence-electron chi connectivity index (χ1n) is 6.29. The number of aromatic amines is 1. The zero-order valence-electron chi connectivity index (χ0n) is 10.7. The number of rotatable bonds is 3. The lowest BCUT2D eigenvalue weighted by Crippen LogP contribution is -2.22. The highest BCUT2D eigenvalue weighted by Crippen LogP contribution is 2.17. The Balaban J connectivity index is 2.22. The molecule has 1 N–H and O–H groups in total. The average molecular weight is 236 g/mol. The molecule has 1 atom stereocenters. The zero-order chi connectivity index (χ0) is 12.4. The van der Waals surface area contributed by atoms with Crippen molar-refractivity contribution in [1.82, 2.24) is 9.97 Å². The maximum Gasteiger partial charge on any atom is 0.254 e. The van der Waals surface area contributed by atoms with Gasteiger partial charge >= 0.3 is 0 Å². The molecule has 0 spiro atoms. The molecule has 4 heteroatoms. The minimum atomic E-state index is 0.000460. The molecule has 1 fully saturated rings. The summed E-state index contributed by atoms with van der Waals surface area (Å²) >= 11 is 0. The number of aromatic nitrogens is 2. The highest BCUT2D eigenvalue weighted by molar-refractivity contribution is 5.20. The molecule has 0 radical (unpaired) electrons. The minimum Gasteiger partial charge on any atom is -0.378 e. The van der Waals surface area contributed by atoms with Gasteiger partial charge in [0.1, 0.15) is 5.82 Å². The van der Waals surface area contributed by atoms with E-state index in [1.807, 2.05) is 20.8 Å². The topological polar surface area (TPSA) is 55.0 Å². The fourth-order valence-electron chi connectivity index (χ4n) is 2.45. The molecule has 0 aliphatic carbocycles. The van der Waals surface area contributed by atoms with Gasteiger partial charge in [-0.2, -0.15) is 0 Å². The molecule has 2 rings (SSSR count). The first-order chi connectivity index (χ1) is 8.08. The van der Waals surface area contributed by atoms with Crippen LogP contribution in [0, 0.1) is 6.92 Å². The quantitative estimate of drug-likeness (QED) is 0.872. The summed E-state index contributed by atoms with van der Waals surface area (Å²) in [4.78, 5) is 19.3. The maximum absolute atomic E-state index is 11.9. The Morgan fingerprint density at radius 2 is 2.29 bits per heavy atom. The van der Waals surface area contributed by atoms with Crippen LogP contribution in [0.3, 0.4) is 0 Å². The van der Waals surface area contributed by atoms with Crippen LogP contribution in [0.15, 0.2) is 4.79 Å². The van der Waals surface area contributed by atoms with E-state index in [4.69, 9.17) is 4.74 Å². The van der Waals surface area contributed by atoms with E-state index in [2.05, 4.69) is 9.97 Å². The molecule has 1 unspecified atom stereocenters. The van der Waals surface area contributed by atoms with Gasteiger partial charge in [-0.05, 0) is 25.7 Å². The molecule has 0 amide bonds. The lowest BCUT2D eigenvalue weighted by Gasteiger charge is -2.12. The molecule has 1 aromatic rings. The zero-order valence-corrected chi connectivity index (χ0v) is 10.7. The van der Waals surface area contributed by atoms with Crippen LogP contribution in [-0.2, 0) is 11.2 Å². The molecule has 1 aliphatic heterocycles. The molecular weight excluding hydrogens is 216 g/mol. The standard InChI is InChI=1S/C13H20N2O2/c1-8(2)12-9(3)14-11(15-13(12)16)7-10-5-4-6-17-10/h8,10H,4-7H2,1-3H3,(H,14,15,16). The van der Waals surface area contributed by atoms with Crippen molar-refractivity contribution in [2.75, 3.05) is 6.61 Å². The van der Waals surface area contributed by atoms with E-state index in [0.29, 0.717) is 6.42 Å². The normalized spacial score (nSPS) is 20.1. The van der Waals surface area contributed by atoms with Gasteiger partial charge in [0.05, 0.1) is 6.10 Å². The minimum absolute atomic E-state index is 0.000460. The van der Waals surface area contributed by atoms with Crippen molar-refractivity contribution < 1.29 is 4.74 Å². The number of H-pyrrole nitrogens is 1. The van der Waals surface area contributed by atoms with Gasteiger partial charge in [0.25, 0.3) is 5.56 Å². The summed E-state index contributed by atoms with van der Waals surface area (Å²) in [7, 11) is 0. The van der Waals surface area contributed by atoms with Gasteiger partial charge in [0.2, 0.25) is 0 Å². The van der Waals surface area contributed by atoms with Crippen LogP contribution in [0.1, 0.15) is 49.7 Å². The third-order valence-electron chi connectivity index (χ3n) is 3.22. The Kier molecular flexibility index (Phi) is 3.62. The summed E-state index contributed by atoms with van der Waals surface area (Å²) in [5.41, 5.74) is 1.64. The predicted molar refractivity (Wildman–Crippen MR) is 66.4 cm³/mol. The fourth-order valence-corrected chi connectivity index (χ4v) is 2.45. The number of ether oxygens (including phenoxy) is 1. The van der Waals surface area contributed by atoms with E-state index in [-0.39, 0.29) is 17.6 Å². The number of hydrogen-bond acceptors (Lipinski definition) is 3. The van der Waals surface area contributed by atoms with E-state index in [1.165, 1.54) is 0 Å². The summed E-state index contributed by atoms with van der Waals surface area (Å²) in [6.45, 7) is 6.76. The molecule has 1 saturated heterocycles. The van der Waals surface area contributed by atoms with Crippen molar-refractivity contribution in [1.29, 1.82) is 0 Å². The molecule has 94 valence electrons. The van der Waals surface area contributed by atoms with Gasteiger partial charge in [-0.1, -0.05) is 13.8 Å². The number of aryl methyl sites for hydroxylation is 1. The monoisotopic (exact) mass is 236 g/mol. The highest BCUT2D eigenvalue weighted by Gasteiger charge is 2.18. The number of hydrogen-bond donors (Lipinski definition) is 1. The van der Waals surface area contributed by atoms with Gasteiger partial charge in [0, 0.05) is 24.3 Å². The molecule has 1 aromatic heterocycles. The van der Waals surface area contributed by atoms with Gasteiger partial charge in [-0.25, -0.2) is 4.98 Å². The first-order valence-corrected chi connectivity index (χ1v) is 6.29. The summed E-state index contributed by atoms with van der Waals surface area (Å²) < 4.78 is 5.55. The van der Waals surface area contributed by atoms with E-state index in [9.17, 15) is 4.79 Å². The van der Waals surface area contributed by atoms with Crippen molar-refractivity contribution in [3.05, 3.63) is 27.4 Å². The Morgan fingerprint density at radius 3 is 2.82 bits per heavy atom. The Hall–Kier alpha value is -1.16. The van der Waals surface area contributed by atoms with Crippen molar-refractivity contribution in [2.45, 2.75) is 52.1 Å². The summed E-state index contributed by atoms with van der Waals surface area (Å²) in [6.07, 6.45) is 3.11.